The van der Waals surface area contributed by atoms with Crippen molar-refractivity contribution in [3.63, 3.8) is 0 Å². The summed E-state index contributed by atoms with van der Waals surface area (Å²) in [7, 11) is 0. The third-order valence-electron chi connectivity index (χ3n) is 8.85. The van der Waals surface area contributed by atoms with Crippen LogP contribution in [0.1, 0.15) is 38.2 Å². The number of rotatable bonds is 4. The second-order valence-corrected chi connectivity index (χ2v) is 9.93. The highest BCUT2D eigenvalue weighted by molar-refractivity contribution is 14.0. The topological polar surface area (TPSA) is 70.6 Å². The predicted octanol–water partition coefficient (Wildman–Crippen LogP) is 3.66. The van der Waals surface area contributed by atoms with E-state index in [1.807, 2.05) is 12.1 Å². The van der Waals surface area contributed by atoms with Gasteiger partial charge in [-0.05, 0) is 83.8 Å². The Morgan fingerprint density at radius 1 is 1.19 bits per heavy atom. The summed E-state index contributed by atoms with van der Waals surface area (Å²) >= 11 is 0. The first kappa shape index (κ1) is 18.2. The molecule has 5 saturated carbocycles. The van der Waals surface area contributed by atoms with Gasteiger partial charge in [-0.15, -0.1) is 24.0 Å². The number of benzene rings is 1. The van der Waals surface area contributed by atoms with E-state index in [2.05, 4.69) is 36.3 Å². The summed E-state index contributed by atoms with van der Waals surface area (Å²) in [6.45, 7) is 4.85. The normalized spacial score (nSPS) is 47.5. The summed E-state index contributed by atoms with van der Waals surface area (Å²) in [5.41, 5.74) is 7.86. The minimum absolute atomic E-state index is 0. The Balaban J connectivity index is 0.00000160. The fourth-order valence-corrected chi connectivity index (χ4v) is 8.31. The van der Waals surface area contributed by atoms with Crippen molar-refractivity contribution in [2.45, 2.75) is 38.2 Å². The van der Waals surface area contributed by atoms with Crippen molar-refractivity contribution in [1.82, 2.24) is 0 Å². The molecule has 5 fully saturated rings. The summed E-state index contributed by atoms with van der Waals surface area (Å²) in [5.74, 6) is 6.97. The Morgan fingerprint density at radius 3 is 2.70 bits per heavy atom. The molecule has 5 aliphatic rings. The number of guanidine groups is 1. The lowest BCUT2D eigenvalue weighted by Gasteiger charge is -2.51. The maximum atomic E-state index is 11.6. The highest BCUT2D eigenvalue weighted by Gasteiger charge is 2.84. The molecule has 0 aromatic heterocycles. The summed E-state index contributed by atoms with van der Waals surface area (Å²) in [5, 5.41) is 14.8. The molecule has 0 amide bonds. The van der Waals surface area contributed by atoms with Gasteiger partial charge in [0.15, 0.2) is 5.96 Å². The Morgan fingerprint density at radius 2 is 1.93 bits per heavy atom. The fraction of sp³-hybridized carbons (Fsp3) is 0.682. The number of aliphatic hydroxyl groups is 1. The zero-order valence-electron chi connectivity index (χ0n) is 16.0. The first-order valence-electron chi connectivity index (χ1n) is 10.4. The van der Waals surface area contributed by atoms with E-state index in [1.54, 1.807) is 0 Å². The minimum Gasteiger partial charge on any atom is -0.387 e. The summed E-state index contributed by atoms with van der Waals surface area (Å²) in [4.78, 5) is 4.62. The average Bonchev–Trinajstić information content (AvgIpc) is 3.12. The van der Waals surface area contributed by atoms with Gasteiger partial charge in [-0.25, -0.2) is 0 Å². The first-order chi connectivity index (χ1) is 12.5. The van der Waals surface area contributed by atoms with E-state index in [-0.39, 0.29) is 24.0 Å². The quantitative estimate of drug-likeness (QED) is 0.351. The van der Waals surface area contributed by atoms with Crippen LogP contribution in [0.15, 0.2) is 29.3 Å². The highest BCUT2D eigenvalue weighted by Crippen LogP contribution is 2.85. The Kier molecular flexibility index (Phi) is 3.95. The number of hydrogen-bond acceptors (Lipinski definition) is 2. The maximum absolute atomic E-state index is 11.6. The molecule has 0 radical (unpaired) electrons. The molecule has 146 valence electrons. The second kappa shape index (κ2) is 5.85. The molecular formula is C22H30IN3O. The Bertz CT molecular complexity index is 805. The molecule has 4 N–H and O–H groups in total. The maximum Gasteiger partial charge on any atom is 0.193 e. The largest absolute Gasteiger partial charge is 0.387 e. The number of nitrogens with one attached hydrogen (secondary N) is 1. The molecule has 9 atom stereocenters. The van der Waals surface area contributed by atoms with Gasteiger partial charge < -0.3 is 16.2 Å². The van der Waals surface area contributed by atoms with Gasteiger partial charge in [0.25, 0.3) is 0 Å². The number of hydrogen-bond donors (Lipinski definition) is 3. The van der Waals surface area contributed by atoms with Crippen molar-refractivity contribution in [2.24, 2.45) is 58.1 Å². The molecule has 6 rings (SSSR count). The molecule has 5 heteroatoms. The lowest BCUT2D eigenvalue weighted by atomic mass is 9.56. The third-order valence-corrected chi connectivity index (χ3v) is 8.85. The monoisotopic (exact) mass is 479 g/mol. The zero-order chi connectivity index (χ0) is 17.8. The van der Waals surface area contributed by atoms with Gasteiger partial charge in [-0.2, -0.15) is 0 Å². The van der Waals surface area contributed by atoms with Gasteiger partial charge in [0.2, 0.25) is 0 Å². The average molecular weight is 479 g/mol. The van der Waals surface area contributed by atoms with Gasteiger partial charge in [-0.3, -0.25) is 4.99 Å². The first-order valence-corrected chi connectivity index (χ1v) is 10.4. The second-order valence-electron chi connectivity index (χ2n) is 9.93. The fourth-order valence-electron chi connectivity index (χ4n) is 8.31. The summed E-state index contributed by atoms with van der Waals surface area (Å²) < 4.78 is 0. The molecule has 1 aromatic carbocycles. The van der Waals surface area contributed by atoms with Gasteiger partial charge in [0.05, 0.1) is 12.1 Å². The van der Waals surface area contributed by atoms with Crippen LogP contribution in [0.25, 0.3) is 0 Å². The van der Waals surface area contributed by atoms with Crippen molar-refractivity contribution in [3.8, 4) is 0 Å². The van der Waals surface area contributed by atoms with Crippen molar-refractivity contribution in [1.29, 1.82) is 0 Å². The van der Waals surface area contributed by atoms with Crippen molar-refractivity contribution in [2.75, 3.05) is 11.9 Å². The summed E-state index contributed by atoms with van der Waals surface area (Å²) in [6, 6.07) is 8.33. The van der Waals surface area contributed by atoms with Crippen LogP contribution in [0.4, 0.5) is 5.69 Å². The van der Waals surface area contributed by atoms with E-state index in [1.165, 1.54) is 18.4 Å². The van der Waals surface area contributed by atoms with E-state index in [4.69, 9.17) is 5.73 Å². The lowest BCUT2D eigenvalue weighted by Crippen LogP contribution is -2.56. The summed E-state index contributed by atoms with van der Waals surface area (Å²) in [6.07, 6.45) is 2.78. The van der Waals surface area contributed by atoms with Crippen LogP contribution in [-0.4, -0.2) is 23.2 Å². The van der Waals surface area contributed by atoms with Crippen LogP contribution in [0.2, 0.25) is 0 Å². The predicted molar refractivity (Wildman–Crippen MR) is 118 cm³/mol. The van der Waals surface area contributed by atoms with E-state index >= 15 is 0 Å². The Hall–Kier alpha value is -0.820. The number of anilines is 1. The van der Waals surface area contributed by atoms with Gasteiger partial charge >= 0.3 is 0 Å². The van der Waals surface area contributed by atoms with Crippen molar-refractivity contribution in [3.05, 3.63) is 29.8 Å². The molecule has 27 heavy (non-hydrogen) atoms. The molecule has 0 aliphatic heterocycles. The number of fused-ring (bicyclic) bond motifs is 2. The van der Waals surface area contributed by atoms with E-state index in [9.17, 15) is 5.11 Å². The number of aliphatic imine (C=N–C) groups is 1. The minimum atomic E-state index is -0.587. The van der Waals surface area contributed by atoms with Crippen LogP contribution in [0, 0.1) is 47.3 Å². The van der Waals surface area contributed by atoms with E-state index in [0.717, 1.165) is 41.2 Å². The van der Waals surface area contributed by atoms with Crippen LogP contribution in [0.3, 0.4) is 0 Å². The van der Waals surface area contributed by atoms with Crippen LogP contribution in [-0.2, 0) is 0 Å². The molecule has 0 saturated heterocycles. The molecule has 4 nitrogen and oxygen atoms in total. The van der Waals surface area contributed by atoms with Crippen LogP contribution >= 0.6 is 24.0 Å². The van der Waals surface area contributed by atoms with Crippen LogP contribution in [0.5, 0.6) is 0 Å². The number of nitrogens with two attached hydrogens (primary N) is 1. The molecule has 9 unspecified atom stereocenters. The van der Waals surface area contributed by atoms with Gasteiger partial charge in [0, 0.05) is 5.69 Å². The van der Waals surface area contributed by atoms with Gasteiger partial charge in [-0.1, -0.05) is 26.0 Å². The van der Waals surface area contributed by atoms with Crippen molar-refractivity contribution >= 4 is 35.6 Å². The molecule has 0 heterocycles. The molecule has 1 aromatic rings. The number of halogens is 1. The smallest absolute Gasteiger partial charge is 0.193 e. The van der Waals surface area contributed by atoms with Crippen molar-refractivity contribution < 1.29 is 5.11 Å². The molecular weight excluding hydrogens is 449 g/mol. The standard InChI is InChI=1S/C22H29N3O.HI/c1-10(2)11-4-3-5-12(6-11)25-21(23)24-9-22(26)19-14-8-15-17-13(14)7-16(19)18(17)20(15)22;/h3-6,10,13-20,26H,7-9H2,1-2H3,(H3,23,24,25);1H. The van der Waals surface area contributed by atoms with E-state index in [0.29, 0.717) is 30.3 Å². The third kappa shape index (κ3) is 2.16. The van der Waals surface area contributed by atoms with E-state index < -0.39 is 5.60 Å². The molecule has 5 aliphatic carbocycles. The number of nitrogens with zero attached hydrogens (tertiary/aromatic N) is 1. The molecule has 0 spiro atoms. The Labute approximate surface area is 178 Å². The van der Waals surface area contributed by atoms with Gasteiger partial charge in [0.1, 0.15) is 0 Å². The zero-order valence-corrected chi connectivity index (χ0v) is 18.3. The SMILES string of the molecule is CC(C)c1cccc(NC(N)=NCC2(O)C3C4CC5C6C4CC3C6C52)c1.I. The lowest BCUT2D eigenvalue weighted by molar-refractivity contribution is -0.123. The van der Waals surface area contributed by atoms with Crippen LogP contribution < -0.4 is 11.1 Å². The molecule has 2 bridgehead atoms. The highest BCUT2D eigenvalue weighted by atomic mass is 127.